The molecule has 0 aliphatic heterocycles. The summed E-state index contributed by atoms with van der Waals surface area (Å²) in [6.45, 7) is 0.264. The lowest BCUT2D eigenvalue weighted by molar-refractivity contribution is 0.462. The minimum atomic E-state index is -0.394. The average molecular weight is 266 g/mol. The highest BCUT2D eigenvalue weighted by Gasteiger charge is 2.12. The first-order valence-corrected chi connectivity index (χ1v) is 4.87. The molecule has 3 nitrogen and oxygen atoms in total. The molecule has 0 aliphatic carbocycles. The van der Waals surface area contributed by atoms with E-state index in [1.807, 2.05) is 0 Å². The van der Waals surface area contributed by atoms with Gasteiger partial charge in [-0.15, -0.1) is 0 Å². The molecule has 0 saturated carbocycles. The molecule has 13 heavy (non-hydrogen) atoms. The predicted molar refractivity (Wildman–Crippen MR) is 56.8 cm³/mol. The molecule has 1 aromatic carbocycles. The van der Waals surface area contributed by atoms with Gasteiger partial charge in [-0.3, -0.25) is 0 Å². The monoisotopic (exact) mass is 264 g/mol. The summed E-state index contributed by atoms with van der Waals surface area (Å²) in [5.41, 5.74) is 11.6. The molecular formula is C8H10BrClN2O. The summed E-state index contributed by atoms with van der Waals surface area (Å²) in [7, 11) is 0. The number of hydrogen-bond donors (Lipinski definition) is 3. The first-order chi connectivity index (χ1) is 6.06. The quantitative estimate of drug-likeness (QED) is 0.763. The summed E-state index contributed by atoms with van der Waals surface area (Å²) in [6, 6.07) is 2.91. The smallest absolute Gasteiger partial charge is 0.139 e. The van der Waals surface area contributed by atoms with Gasteiger partial charge in [-0.25, -0.2) is 0 Å². The van der Waals surface area contributed by atoms with Gasteiger partial charge in [0.15, 0.2) is 0 Å². The zero-order valence-electron chi connectivity index (χ0n) is 6.80. The van der Waals surface area contributed by atoms with Gasteiger partial charge in [0.1, 0.15) is 5.75 Å². The fourth-order valence-corrected chi connectivity index (χ4v) is 1.83. The minimum Gasteiger partial charge on any atom is -0.506 e. The van der Waals surface area contributed by atoms with Crippen molar-refractivity contribution in [3.8, 4) is 5.75 Å². The molecule has 0 fully saturated rings. The van der Waals surface area contributed by atoms with Gasteiger partial charge < -0.3 is 16.6 Å². The van der Waals surface area contributed by atoms with E-state index in [0.717, 1.165) is 4.47 Å². The molecule has 0 bridgehead atoms. The van der Waals surface area contributed by atoms with E-state index >= 15 is 0 Å². The Hall–Kier alpha value is -0.290. The van der Waals surface area contributed by atoms with Crippen molar-refractivity contribution in [1.82, 2.24) is 0 Å². The van der Waals surface area contributed by atoms with Gasteiger partial charge in [-0.2, -0.15) is 0 Å². The lowest BCUT2D eigenvalue weighted by atomic mass is 10.1. The molecule has 1 rings (SSSR count). The molecule has 0 amide bonds. The van der Waals surface area contributed by atoms with Gasteiger partial charge in [0.25, 0.3) is 0 Å². The number of hydrogen-bond acceptors (Lipinski definition) is 3. The van der Waals surface area contributed by atoms with Crippen molar-refractivity contribution in [3.63, 3.8) is 0 Å². The van der Waals surface area contributed by atoms with Crippen LogP contribution in [0, 0.1) is 0 Å². The van der Waals surface area contributed by atoms with E-state index in [-0.39, 0.29) is 17.3 Å². The van der Waals surface area contributed by atoms with E-state index in [1.54, 1.807) is 12.1 Å². The molecule has 0 spiro atoms. The first-order valence-electron chi connectivity index (χ1n) is 3.69. The van der Waals surface area contributed by atoms with E-state index < -0.39 is 6.04 Å². The molecule has 1 aromatic rings. The Balaban J connectivity index is 3.20. The van der Waals surface area contributed by atoms with E-state index in [1.165, 1.54) is 0 Å². The standard InChI is InChI=1S/C8H10BrClN2O/c9-4-1-5(7(12)3-11)8(13)6(10)2-4/h1-2,7,13H,3,11-12H2/t7-/m0/s1. The van der Waals surface area contributed by atoms with Crippen molar-refractivity contribution in [2.24, 2.45) is 11.5 Å². The van der Waals surface area contributed by atoms with Crippen molar-refractivity contribution in [1.29, 1.82) is 0 Å². The van der Waals surface area contributed by atoms with Crippen LogP contribution in [-0.2, 0) is 0 Å². The third-order valence-electron chi connectivity index (χ3n) is 1.71. The zero-order valence-corrected chi connectivity index (χ0v) is 9.14. The molecule has 5 N–H and O–H groups in total. The Morgan fingerprint density at radius 3 is 2.69 bits per heavy atom. The molecule has 0 aliphatic rings. The lowest BCUT2D eigenvalue weighted by Gasteiger charge is -2.12. The number of phenolic OH excluding ortho intramolecular Hbond substituents is 1. The number of halogens is 2. The summed E-state index contributed by atoms with van der Waals surface area (Å²) in [5.74, 6) is 0.00261. The molecule has 0 unspecified atom stereocenters. The number of benzene rings is 1. The van der Waals surface area contributed by atoms with Gasteiger partial charge in [0.2, 0.25) is 0 Å². The highest BCUT2D eigenvalue weighted by Crippen LogP contribution is 2.33. The lowest BCUT2D eigenvalue weighted by Crippen LogP contribution is -2.20. The van der Waals surface area contributed by atoms with Crippen LogP contribution >= 0.6 is 27.5 Å². The van der Waals surface area contributed by atoms with Gasteiger partial charge in [-0.05, 0) is 12.1 Å². The molecule has 0 aromatic heterocycles. The first kappa shape index (κ1) is 10.8. The predicted octanol–water partition coefficient (Wildman–Crippen LogP) is 1.77. The fraction of sp³-hybridized carbons (Fsp3) is 0.250. The van der Waals surface area contributed by atoms with Gasteiger partial charge in [-0.1, -0.05) is 27.5 Å². The number of rotatable bonds is 2. The Morgan fingerprint density at radius 1 is 1.54 bits per heavy atom. The van der Waals surface area contributed by atoms with Crippen molar-refractivity contribution in [2.45, 2.75) is 6.04 Å². The molecule has 0 saturated heterocycles. The van der Waals surface area contributed by atoms with Gasteiger partial charge in [0, 0.05) is 22.6 Å². The molecule has 1 atom stereocenters. The SMILES string of the molecule is NC[C@H](N)c1cc(Br)cc(Cl)c1O. The van der Waals surface area contributed by atoms with E-state index in [0.29, 0.717) is 5.56 Å². The summed E-state index contributed by atoms with van der Waals surface area (Å²) < 4.78 is 0.772. The maximum Gasteiger partial charge on any atom is 0.139 e. The average Bonchev–Trinajstić information content (AvgIpc) is 2.10. The van der Waals surface area contributed by atoms with Gasteiger partial charge >= 0.3 is 0 Å². The normalized spacial score (nSPS) is 12.9. The van der Waals surface area contributed by atoms with Crippen LogP contribution in [0.5, 0.6) is 5.75 Å². The molecule has 72 valence electrons. The van der Waals surface area contributed by atoms with Crippen molar-refractivity contribution in [2.75, 3.05) is 6.54 Å². The van der Waals surface area contributed by atoms with Crippen LogP contribution in [0.15, 0.2) is 16.6 Å². The Kier molecular flexibility index (Phi) is 3.55. The number of nitrogens with two attached hydrogens (primary N) is 2. The third kappa shape index (κ3) is 2.34. The Morgan fingerprint density at radius 2 is 2.15 bits per heavy atom. The van der Waals surface area contributed by atoms with Crippen LogP contribution < -0.4 is 11.5 Å². The van der Waals surface area contributed by atoms with E-state index in [2.05, 4.69) is 15.9 Å². The highest BCUT2D eigenvalue weighted by atomic mass is 79.9. The van der Waals surface area contributed by atoms with Crippen LogP contribution in [0.25, 0.3) is 0 Å². The Bertz CT molecular complexity index is 319. The second kappa shape index (κ2) is 4.28. The zero-order chi connectivity index (χ0) is 10.0. The fourth-order valence-electron chi connectivity index (χ4n) is 0.996. The largest absolute Gasteiger partial charge is 0.506 e. The second-order valence-electron chi connectivity index (χ2n) is 2.67. The van der Waals surface area contributed by atoms with Crippen molar-refractivity contribution < 1.29 is 5.11 Å². The van der Waals surface area contributed by atoms with Crippen LogP contribution in [0.4, 0.5) is 0 Å². The maximum atomic E-state index is 9.54. The topological polar surface area (TPSA) is 72.3 Å². The summed E-state index contributed by atoms with van der Waals surface area (Å²) >= 11 is 9.00. The highest BCUT2D eigenvalue weighted by molar-refractivity contribution is 9.10. The van der Waals surface area contributed by atoms with E-state index in [9.17, 15) is 5.11 Å². The molecular weight excluding hydrogens is 255 g/mol. The van der Waals surface area contributed by atoms with Crippen molar-refractivity contribution in [3.05, 3.63) is 27.2 Å². The maximum absolute atomic E-state index is 9.54. The number of phenols is 1. The van der Waals surface area contributed by atoms with Gasteiger partial charge in [0.05, 0.1) is 5.02 Å². The van der Waals surface area contributed by atoms with Crippen LogP contribution in [-0.4, -0.2) is 11.7 Å². The minimum absolute atomic E-state index is 0.00261. The molecule has 5 heteroatoms. The summed E-state index contributed by atoms with van der Waals surface area (Å²) in [6.07, 6.45) is 0. The summed E-state index contributed by atoms with van der Waals surface area (Å²) in [5, 5.41) is 9.81. The van der Waals surface area contributed by atoms with Crippen LogP contribution in [0.3, 0.4) is 0 Å². The third-order valence-corrected chi connectivity index (χ3v) is 2.46. The van der Waals surface area contributed by atoms with E-state index in [4.69, 9.17) is 23.1 Å². The van der Waals surface area contributed by atoms with Crippen molar-refractivity contribution >= 4 is 27.5 Å². The molecule has 0 radical (unpaired) electrons. The molecule has 0 heterocycles. The summed E-state index contributed by atoms with van der Waals surface area (Å²) in [4.78, 5) is 0. The number of aromatic hydroxyl groups is 1. The van der Waals surface area contributed by atoms with Crippen LogP contribution in [0.2, 0.25) is 5.02 Å². The van der Waals surface area contributed by atoms with Crippen LogP contribution in [0.1, 0.15) is 11.6 Å². The Labute approximate surface area is 89.8 Å². The second-order valence-corrected chi connectivity index (χ2v) is 3.99.